The fourth-order valence-corrected chi connectivity index (χ4v) is 3.12. The smallest absolute Gasteiger partial charge is 0.325 e. The van der Waals surface area contributed by atoms with Gasteiger partial charge in [0.2, 0.25) is 0 Å². The van der Waals surface area contributed by atoms with Gasteiger partial charge in [0.15, 0.2) is 6.61 Å². The number of halogens is 1. The third kappa shape index (κ3) is 5.54. The first kappa shape index (κ1) is 19.9. The maximum absolute atomic E-state index is 13.5. The van der Waals surface area contributed by atoms with Crippen molar-refractivity contribution < 1.29 is 23.5 Å². The van der Waals surface area contributed by atoms with Gasteiger partial charge in [0, 0.05) is 6.04 Å². The van der Waals surface area contributed by atoms with E-state index in [1.807, 2.05) is 0 Å². The van der Waals surface area contributed by atoms with Gasteiger partial charge < -0.3 is 15.4 Å². The summed E-state index contributed by atoms with van der Waals surface area (Å²) in [6.07, 6.45) is 3.15. The van der Waals surface area contributed by atoms with Crippen LogP contribution in [0, 0.1) is 17.7 Å². The van der Waals surface area contributed by atoms with E-state index >= 15 is 0 Å². The van der Waals surface area contributed by atoms with Gasteiger partial charge in [-0.15, -0.1) is 0 Å². The van der Waals surface area contributed by atoms with Crippen LogP contribution >= 0.6 is 0 Å². The van der Waals surface area contributed by atoms with Crippen molar-refractivity contribution in [2.45, 2.75) is 39.2 Å². The highest BCUT2D eigenvalue weighted by Crippen LogP contribution is 2.29. The largest absolute Gasteiger partial charge is 0.454 e. The molecule has 26 heavy (non-hydrogen) atoms. The second-order valence-electron chi connectivity index (χ2n) is 6.76. The minimum atomic E-state index is -0.755. The molecule has 0 radical (unpaired) electrons. The van der Waals surface area contributed by atoms with Crippen molar-refractivity contribution in [3.8, 4) is 0 Å². The van der Waals surface area contributed by atoms with Gasteiger partial charge in [-0.3, -0.25) is 14.4 Å². The van der Waals surface area contributed by atoms with E-state index in [0.29, 0.717) is 11.8 Å². The summed E-state index contributed by atoms with van der Waals surface area (Å²) in [5.41, 5.74) is -0.154. The van der Waals surface area contributed by atoms with E-state index in [1.54, 1.807) is 0 Å². The highest BCUT2D eigenvalue weighted by molar-refractivity contribution is 5.96. The van der Waals surface area contributed by atoms with Crippen molar-refractivity contribution in [3.63, 3.8) is 0 Å². The summed E-state index contributed by atoms with van der Waals surface area (Å²) in [5.74, 6) is -1.57. The number of carbonyl (C=O) groups excluding carboxylic acids is 3. The number of hydrogen-bond acceptors (Lipinski definition) is 4. The fraction of sp³-hybridized carbons (Fsp3) is 0.526. The lowest BCUT2D eigenvalue weighted by atomic mass is 9.78. The van der Waals surface area contributed by atoms with Gasteiger partial charge >= 0.3 is 5.97 Å². The molecule has 1 aromatic rings. The lowest BCUT2D eigenvalue weighted by Gasteiger charge is -2.34. The Morgan fingerprint density at radius 3 is 2.65 bits per heavy atom. The topological polar surface area (TPSA) is 84.5 Å². The molecule has 1 aliphatic rings. The number of amides is 2. The standard InChI is InChI=1S/C19H25FN2O4/c1-12-6-5-9-16(13(12)2)22-17(23)11-26-18(24)10-21-19(25)14-7-3-4-8-15(14)20/h3-4,7-8,12-13,16H,5-6,9-11H2,1-2H3,(H,21,25)(H,22,23)/t12-,13-,16-/m1/s1. The van der Waals surface area contributed by atoms with Crippen LogP contribution in [0.2, 0.25) is 0 Å². The first-order valence-electron chi connectivity index (χ1n) is 8.86. The van der Waals surface area contributed by atoms with Crippen LogP contribution in [-0.2, 0) is 14.3 Å². The van der Waals surface area contributed by atoms with Gasteiger partial charge in [-0.1, -0.05) is 38.8 Å². The van der Waals surface area contributed by atoms with E-state index in [9.17, 15) is 18.8 Å². The normalized spacial score (nSPS) is 22.3. The molecule has 0 bridgehead atoms. The minimum absolute atomic E-state index is 0.0886. The molecular formula is C19H25FN2O4. The fourth-order valence-electron chi connectivity index (χ4n) is 3.12. The highest BCUT2D eigenvalue weighted by atomic mass is 19.1. The Morgan fingerprint density at radius 2 is 1.92 bits per heavy atom. The van der Waals surface area contributed by atoms with Crippen LogP contribution < -0.4 is 10.6 Å². The first-order chi connectivity index (χ1) is 12.4. The van der Waals surface area contributed by atoms with Crippen LogP contribution in [0.25, 0.3) is 0 Å². The molecular weight excluding hydrogens is 339 g/mol. The van der Waals surface area contributed by atoms with Gasteiger partial charge in [0.25, 0.3) is 11.8 Å². The van der Waals surface area contributed by atoms with Gasteiger partial charge in [-0.25, -0.2) is 4.39 Å². The average molecular weight is 364 g/mol. The molecule has 1 saturated carbocycles. The second kappa shape index (κ2) is 9.31. The number of benzene rings is 1. The van der Waals surface area contributed by atoms with Gasteiger partial charge in [-0.05, 0) is 30.4 Å². The Labute approximate surface area is 152 Å². The number of carbonyl (C=O) groups is 3. The SMILES string of the molecule is C[C@@H]1[C@H](C)CCC[C@H]1NC(=O)COC(=O)CNC(=O)c1ccccc1F. The van der Waals surface area contributed by atoms with Crippen molar-refractivity contribution in [2.24, 2.45) is 11.8 Å². The average Bonchev–Trinajstić information content (AvgIpc) is 2.62. The van der Waals surface area contributed by atoms with Crippen LogP contribution in [0.1, 0.15) is 43.5 Å². The molecule has 2 N–H and O–H groups in total. The van der Waals surface area contributed by atoms with Gasteiger partial charge in [0.05, 0.1) is 5.56 Å². The summed E-state index contributed by atoms with van der Waals surface area (Å²) in [4.78, 5) is 35.4. The Balaban J connectivity index is 1.70. The van der Waals surface area contributed by atoms with Crippen molar-refractivity contribution in [1.29, 1.82) is 0 Å². The molecule has 2 rings (SSSR count). The summed E-state index contributed by atoms with van der Waals surface area (Å²) < 4.78 is 18.3. The van der Waals surface area contributed by atoms with Crippen LogP contribution in [-0.4, -0.2) is 37.0 Å². The Morgan fingerprint density at radius 1 is 1.19 bits per heavy atom. The quantitative estimate of drug-likeness (QED) is 0.757. The molecule has 0 aliphatic heterocycles. The molecule has 2 amide bonds. The second-order valence-corrected chi connectivity index (χ2v) is 6.76. The number of ether oxygens (including phenoxy) is 1. The van der Waals surface area contributed by atoms with Crippen molar-refractivity contribution in [1.82, 2.24) is 10.6 Å². The summed E-state index contributed by atoms with van der Waals surface area (Å²) in [7, 11) is 0. The molecule has 1 aromatic carbocycles. The predicted molar refractivity (Wildman–Crippen MR) is 93.8 cm³/mol. The highest BCUT2D eigenvalue weighted by Gasteiger charge is 2.28. The van der Waals surface area contributed by atoms with Crippen molar-refractivity contribution in [2.75, 3.05) is 13.2 Å². The summed E-state index contributed by atoms with van der Waals surface area (Å²) in [6, 6.07) is 5.55. The third-order valence-electron chi connectivity index (χ3n) is 4.93. The monoisotopic (exact) mass is 364 g/mol. The molecule has 0 spiro atoms. The zero-order valence-electron chi connectivity index (χ0n) is 15.1. The van der Waals surface area contributed by atoms with Crippen LogP contribution in [0.3, 0.4) is 0 Å². The molecule has 1 aliphatic carbocycles. The molecule has 0 aromatic heterocycles. The third-order valence-corrected chi connectivity index (χ3v) is 4.93. The van der Waals surface area contributed by atoms with Crippen LogP contribution in [0.4, 0.5) is 4.39 Å². The zero-order valence-corrected chi connectivity index (χ0v) is 15.1. The van der Waals surface area contributed by atoms with Gasteiger partial charge in [-0.2, -0.15) is 0 Å². The van der Waals surface area contributed by atoms with E-state index in [0.717, 1.165) is 25.3 Å². The predicted octanol–water partition coefficient (Wildman–Crippen LogP) is 2.04. The summed E-state index contributed by atoms with van der Waals surface area (Å²) in [5, 5.41) is 5.17. The van der Waals surface area contributed by atoms with E-state index in [1.165, 1.54) is 18.2 Å². The lowest BCUT2D eigenvalue weighted by Crippen LogP contribution is -2.45. The van der Waals surface area contributed by atoms with E-state index < -0.39 is 30.8 Å². The summed E-state index contributed by atoms with van der Waals surface area (Å²) in [6.45, 7) is 3.45. The summed E-state index contributed by atoms with van der Waals surface area (Å²) >= 11 is 0. The lowest BCUT2D eigenvalue weighted by molar-refractivity contribution is -0.147. The number of hydrogen-bond donors (Lipinski definition) is 2. The molecule has 3 atom stereocenters. The maximum Gasteiger partial charge on any atom is 0.325 e. The zero-order chi connectivity index (χ0) is 19.1. The number of rotatable bonds is 6. The Kier molecular flexibility index (Phi) is 7.12. The van der Waals surface area contributed by atoms with E-state index in [-0.39, 0.29) is 17.5 Å². The minimum Gasteiger partial charge on any atom is -0.454 e. The molecule has 0 heterocycles. The molecule has 0 saturated heterocycles. The molecule has 142 valence electrons. The van der Waals surface area contributed by atoms with E-state index in [2.05, 4.69) is 24.5 Å². The van der Waals surface area contributed by atoms with Crippen LogP contribution in [0.5, 0.6) is 0 Å². The van der Waals surface area contributed by atoms with Crippen molar-refractivity contribution >= 4 is 17.8 Å². The van der Waals surface area contributed by atoms with Crippen LogP contribution in [0.15, 0.2) is 24.3 Å². The molecule has 1 fully saturated rings. The van der Waals surface area contributed by atoms with Crippen molar-refractivity contribution in [3.05, 3.63) is 35.6 Å². The Bertz CT molecular complexity index is 665. The molecule has 7 heteroatoms. The number of esters is 1. The maximum atomic E-state index is 13.5. The number of nitrogens with one attached hydrogen (secondary N) is 2. The van der Waals surface area contributed by atoms with E-state index in [4.69, 9.17) is 4.74 Å². The molecule has 0 unspecified atom stereocenters. The first-order valence-corrected chi connectivity index (χ1v) is 8.86. The Hall–Kier alpha value is -2.44. The molecule has 6 nitrogen and oxygen atoms in total. The van der Waals surface area contributed by atoms with Gasteiger partial charge in [0.1, 0.15) is 12.4 Å².